The molecule has 2 aliphatic rings. The molecule has 1 aromatic heterocycles. The number of likely N-dealkylation sites (tertiary alicyclic amines) is 2. The molecule has 6 heteroatoms. The Morgan fingerprint density at radius 2 is 2.10 bits per heavy atom. The number of anilines is 1. The molecule has 110 valence electrons. The molecule has 0 aliphatic carbocycles. The lowest BCUT2D eigenvalue weighted by Crippen LogP contribution is -2.35. The lowest BCUT2D eigenvalue weighted by Gasteiger charge is -2.23. The highest BCUT2D eigenvalue weighted by Gasteiger charge is 2.29. The van der Waals surface area contributed by atoms with Gasteiger partial charge in [0.1, 0.15) is 11.6 Å². The first-order valence-corrected chi connectivity index (χ1v) is 7.52. The summed E-state index contributed by atoms with van der Waals surface area (Å²) in [6, 6.07) is 2.59. The summed E-state index contributed by atoms with van der Waals surface area (Å²) in [7, 11) is 0. The molecular formula is C14H24N6. The van der Waals surface area contributed by atoms with Crippen molar-refractivity contribution in [1.82, 2.24) is 19.8 Å². The number of hydrogen-bond acceptors (Lipinski definition) is 6. The summed E-state index contributed by atoms with van der Waals surface area (Å²) in [4.78, 5) is 14.0. The van der Waals surface area contributed by atoms with Crippen molar-refractivity contribution in [3.05, 3.63) is 17.6 Å². The fourth-order valence-corrected chi connectivity index (χ4v) is 3.34. The summed E-state index contributed by atoms with van der Waals surface area (Å²) in [5.41, 5.74) is 3.57. The smallest absolute Gasteiger partial charge is 0.145 e. The highest BCUT2D eigenvalue weighted by Crippen LogP contribution is 2.21. The number of aromatic nitrogens is 2. The van der Waals surface area contributed by atoms with E-state index < -0.39 is 0 Å². The SMILES string of the molecule is Cc1cc(NN)nc(CN2CCC(N3CCCC3)C2)n1. The molecule has 1 unspecified atom stereocenters. The van der Waals surface area contributed by atoms with E-state index in [1.165, 1.54) is 32.4 Å². The maximum Gasteiger partial charge on any atom is 0.145 e. The quantitative estimate of drug-likeness (QED) is 0.624. The van der Waals surface area contributed by atoms with Crippen molar-refractivity contribution in [3.8, 4) is 0 Å². The summed E-state index contributed by atoms with van der Waals surface area (Å²) >= 11 is 0. The van der Waals surface area contributed by atoms with Gasteiger partial charge in [-0.1, -0.05) is 0 Å². The van der Waals surface area contributed by atoms with Crippen molar-refractivity contribution in [2.45, 2.75) is 38.8 Å². The van der Waals surface area contributed by atoms with E-state index in [0.717, 1.165) is 37.2 Å². The van der Waals surface area contributed by atoms with Crippen LogP contribution >= 0.6 is 0 Å². The van der Waals surface area contributed by atoms with Gasteiger partial charge in [-0.2, -0.15) is 0 Å². The van der Waals surface area contributed by atoms with Crippen LogP contribution in [0.3, 0.4) is 0 Å². The number of rotatable bonds is 4. The third kappa shape index (κ3) is 3.08. The number of nitrogen functional groups attached to an aromatic ring is 1. The van der Waals surface area contributed by atoms with Crippen LogP contribution in [0.5, 0.6) is 0 Å². The number of nitrogens with two attached hydrogens (primary N) is 1. The molecule has 0 saturated carbocycles. The lowest BCUT2D eigenvalue weighted by atomic mass is 10.2. The predicted molar refractivity (Wildman–Crippen MR) is 79.1 cm³/mol. The second-order valence-electron chi connectivity index (χ2n) is 5.88. The lowest BCUT2D eigenvalue weighted by molar-refractivity contribution is 0.228. The number of nitrogens with one attached hydrogen (secondary N) is 1. The zero-order valence-corrected chi connectivity index (χ0v) is 12.2. The number of nitrogens with zero attached hydrogens (tertiary/aromatic N) is 4. The molecule has 2 fully saturated rings. The van der Waals surface area contributed by atoms with Crippen molar-refractivity contribution >= 4 is 5.82 Å². The monoisotopic (exact) mass is 276 g/mol. The van der Waals surface area contributed by atoms with Crippen molar-refractivity contribution in [2.75, 3.05) is 31.6 Å². The van der Waals surface area contributed by atoms with Crippen LogP contribution in [-0.2, 0) is 6.54 Å². The van der Waals surface area contributed by atoms with Crippen LogP contribution in [-0.4, -0.2) is 52.0 Å². The first-order chi connectivity index (χ1) is 9.74. The third-order valence-corrected chi connectivity index (χ3v) is 4.32. The van der Waals surface area contributed by atoms with Gasteiger partial charge in [-0.3, -0.25) is 9.80 Å². The van der Waals surface area contributed by atoms with Gasteiger partial charge in [0.15, 0.2) is 0 Å². The van der Waals surface area contributed by atoms with E-state index in [0.29, 0.717) is 5.82 Å². The maximum absolute atomic E-state index is 5.44. The van der Waals surface area contributed by atoms with Gasteiger partial charge in [-0.25, -0.2) is 15.8 Å². The van der Waals surface area contributed by atoms with Crippen LogP contribution in [0.1, 0.15) is 30.8 Å². The molecule has 6 nitrogen and oxygen atoms in total. The predicted octanol–water partition coefficient (Wildman–Crippen LogP) is 0.741. The summed E-state index contributed by atoms with van der Waals surface area (Å²) in [6.07, 6.45) is 4.00. The molecule has 0 aromatic carbocycles. The van der Waals surface area contributed by atoms with E-state index in [2.05, 4.69) is 25.2 Å². The normalized spacial score (nSPS) is 24.4. The van der Waals surface area contributed by atoms with Gasteiger partial charge in [-0.15, -0.1) is 0 Å². The van der Waals surface area contributed by atoms with Crippen molar-refractivity contribution in [2.24, 2.45) is 5.84 Å². The second-order valence-corrected chi connectivity index (χ2v) is 5.88. The topological polar surface area (TPSA) is 70.3 Å². The van der Waals surface area contributed by atoms with Crippen LogP contribution in [0.25, 0.3) is 0 Å². The van der Waals surface area contributed by atoms with Crippen LogP contribution in [0, 0.1) is 6.92 Å². The molecule has 3 rings (SSSR count). The average Bonchev–Trinajstić information content (AvgIpc) is 3.08. The van der Waals surface area contributed by atoms with Gasteiger partial charge in [0, 0.05) is 30.9 Å². The highest BCUT2D eigenvalue weighted by atomic mass is 15.3. The average molecular weight is 276 g/mol. The second kappa shape index (κ2) is 6.03. The summed E-state index contributed by atoms with van der Waals surface area (Å²) < 4.78 is 0. The molecule has 1 atom stereocenters. The zero-order chi connectivity index (χ0) is 13.9. The Morgan fingerprint density at radius 3 is 2.85 bits per heavy atom. The van der Waals surface area contributed by atoms with E-state index in [9.17, 15) is 0 Å². The summed E-state index contributed by atoms with van der Waals surface area (Å²) in [6.45, 7) is 7.64. The Labute approximate surface area is 120 Å². The molecule has 0 amide bonds. The van der Waals surface area contributed by atoms with Crippen LogP contribution in [0.2, 0.25) is 0 Å². The molecule has 2 saturated heterocycles. The van der Waals surface area contributed by atoms with Crippen molar-refractivity contribution in [1.29, 1.82) is 0 Å². The largest absolute Gasteiger partial charge is 0.308 e. The third-order valence-electron chi connectivity index (χ3n) is 4.32. The fourth-order valence-electron chi connectivity index (χ4n) is 3.34. The molecular weight excluding hydrogens is 252 g/mol. The molecule has 2 aliphatic heterocycles. The fraction of sp³-hybridized carbons (Fsp3) is 0.714. The van der Waals surface area contributed by atoms with Gasteiger partial charge in [0.05, 0.1) is 6.54 Å². The van der Waals surface area contributed by atoms with E-state index in [1.54, 1.807) is 0 Å². The van der Waals surface area contributed by atoms with Crippen LogP contribution in [0.15, 0.2) is 6.07 Å². The number of hydrazine groups is 1. The molecule has 0 bridgehead atoms. The minimum atomic E-state index is 0.697. The Kier molecular flexibility index (Phi) is 4.14. The standard InChI is InChI=1S/C14H24N6/c1-11-8-13(18-15)17-14(16-11)10-19-7-4-12(9-19)20-5-2-3-6-20/h8,12H,2-7,9-10,15H2,1H3,(H,16,17,18). The van der Waals surface area contributed by atoms with Crippen molar-refractivity contribution in [3.63, 3.8) is 0 Å². The van der Waals surface area contributed by atoms with E-state index in [1.807, 2.05) is 13.0 Å². The van der Waals surface area contributed by atoms with E-state index in [4.69, 9.17) is 5.84 Å². The first-order valence-electron chi connectivity index (χ1n) is 7.52. The van der Waals surface area contributed by atoms with Gasteiger partial charge in [0.25, 0.3) is 0 Å². The molecule has 3 N–H and O–H groups in total. The Hall–Kier alpha value is -1.24. The van der Waals surface area contributed by atoms with Crippen LogP contribution < -0.4 is 11.3 Å². The van der Waals surface area contributed by atoms with E-state index >= 15 is 0 Å². The molecule has 0 radical (unpaired) electrons. The van der Waals surface area contributed by atoms with Gasteiger partial charge < -0.3 is 5.43 Å². The minimum Gasteiger partial charge on any atom is -0.308 e. The highest BCUT2D eigenvalue weighted by molar-refractivity contribution is 5.33. The zero-order valence-electron chi connectivity index (χ0n) is 12.2. The Bertz CT molecular complexity index is 457. The number of aryl methyl sites for hydroxylation is 1. The molecule has 20 heavy (non-hydrogen) atoms. The van der Waals surface area contributed by atoms with Gasteiger partial charge in [0.2, 0.25) is 0 Å². The minimum absolute atomic E-state index is 0.697. The molecule has 1 aromatic rings. The van der Waals surface area contributed by atoms with E-state index in [-0.39, 0.29) is 0 Å². The van der Waals surface area contributed by atoms with Gasteiger partial charge >= 0.3 is 0 Å². The molecule has 3 heterocycles. The number of hydrogen-bond donors (Lipinski definition) is 2. The Morgan fingerprint density at radius 1 is 1.30 bits per heavy atom. The Balaban J connectivity index is 1.60. The van der Waals surface area contributed by atoms with Crippen molar-refractivity contribution < 1.29 is 0 Å². The van der Waals surface area contributed by atoms with Gasteiger partial charge in [-0.05, 0) is 39.3 Å². The van der Waals surface area contributed by atoms with Crippen LogP contribution in [0.4, 0.5) is 5.82 Å². The molecule has 0 spiro atoms. The maximum atomic E-state index is 5.44. The summed E-state index contributed by atoms with van der Waals surface area (Å²) in [5.74, 6) is 7.00. The first kappa shape index (κ1) is 13.7. The summed E-state index contributed by atoms with van der Waals surface area (Å²) in [5, 5.41) is 0.